The van der Waals surface area contributed by atoms with Crippen LogP contribution in [-0.2, 0) is 13.0 Å². The number of thiazole rings is 1. The molecule has 45 heavy (non-hydrogen) atoms. The van der Waals surface area contributed by atoms with Gasteiger partial charge in [-0.25, -0.2) is 10.4 Å². The Morgan fingerprint density at radius 3 is 2.49 bits per heavy atom. The van der Waals surface area contributed by atoms with Crippen LogP contribution in [0.15, 0.2) is 108 Å². The lowest BCUT2D eigenvalue weighted by atomic mass is 10.1. The van der Waals surface area contributed by atoms with Crippen LogP contribution in [0.3, 0.4) is 0 Å². The fourth-order valence-electron chi connectivity index (χ4n) is 4.47. The van der Waals surface area contributed by atoms with Gasteiger partial charge in [0.2, 0.25) is 0 Å². The lowest BCUT2D eigenvalue weighted by molar-refractivity contribution is 0.0955. The maximum Gasteiger partial charge on any atom is 0.271 e. The molecule has 7 nitrogen and oxygen atoms in total. The van der Waals surface area contributed by atoms with E-state index in [1.54, 1.807) is 24.4 Å². The van der Waals surface area contributed by atoms with Gasteiger partial charge in [0.05, 0.1) is 18.5 Å². The number of hydrogen-bond acceptors (Lipinski definition) is 7. The SMILES string of the molecule is C=CCc1cc(/C=N\NC(=O)c2ccc(-c3csc(Nc4ccc(C)cc4)n3)cc2)cc(OCC)c1OCc1ccc(Cl)cc1. The van der Waals surface area contributed by atoms with Crippen LogP contribution in [0.2, 0.25) is 5.02 Å². The van der Waals surface area contributed by atoms with Crippen LogP contribution in [0.1, 0.15) is 39.5 Å². The Labute approximate surface area is 272 Å². The van der Waals surface area contributed by atoms with Crippen molar-refractivity contribution in [3.8, 4) is 22.8 Å². The predicted molar refractivity (Wildman–Crippen MR) is 184 cm³/mol. The van der Waals surface area contributed by atoms with Crippen LogP contribution in [0.25, 0.3) is 11.3 Å². The molecule has 5 aromatic rings. The highest BCUT2D eigenvalue weighted by molar-refractivity contribution is 7.14. The van der Waals surface area contributed by atoms with Crippen molar-refractivity contribution in [3.05, 3.63) is 136 Å². The molecule has 0 unspecified atom stereocenters. The topological polar surface area (TPSA) is 84.8 Å². The molecule has 1 heterocycles. The largest absolute Gasteiger partial charge is 0.490 e. The average Bonchev–Trinajstić information content (AvgIpc) is 3.51. The van der Waals surface area contributed by atoms with Crippen molar-refractivity contribution in [3.63, 3.8) is 0 Å². The molecule has 0 atom stereocenters. The van der Waals surface area contributed by atoms with Crippen LogP contribution in [-0.4, -0.2) is 23.7 Å². The predicted octanol–water partition coefficient (Wildman–Crippen LogP) is 8.99. The number of ether oxygens (including phenoxy) is 2. The lowest BCUT2D eigenvalue weighted by Gasteiger charge is -2.17. The second-order valence-corrected chi connectivity index (χ2v) is 11.4. The number of nitrogens with zero attached hydrogens (tertiary/aromatic N) is 2. The van der Waals surface area contributed by atoms with E-state index in [0.29, 0.717) is 41.7 Å². The molecular weight excluding hydrogens is 604 g/mol. The third-order valence-electron chi connectivity index (χ3n) is 6.74. The van der Waals surface area contributed by atoms with Gasteiger partial charge in [-0.15, -0.1) is 17.9 Å². The maximum atomic E-state index is 12.8. The summed E-state index contributed by atoms with van der Waals surface area (Å²) in [6.45, 7) is 8.68. The van der Waals surface area contributed by atoms with Gasteiger partial charge in [-0.1, -0.05) is 59.6 Å². The van der Waals surface area contributed by atoms with Gasteiger partial charge in [-0.05, 0) is 79.9 Å². The van der Waals surface area contributed by atoms with E-state index in [1.165, 1.54) is 16.9 Å². The van der Waals surface area contributed by atoms with Crippen LogP contribution < -0.4 is 20.2 Å². The highest BCUT2D eigenvalue weighted by Crippen LogP contribution is 2.34. The Balaban J connectivity index is 1.23. The van der Waals surface area contributed by atoms with E-state index in [1.807, 2.05) is 73.0 Å². The number of rotatable bonds is 13. The molecule has 0 spiro atoms. The van der Waals surface area contributed by atoms with E-state index in [2.05, 4.69) is 46.5 Å². The number of aromatic nitrogens is 1. The Morgan fingerprint density at radius 1 is 1.02 bits per heavy atom. The van der Waals surface area contributed by atoms with Crippen LogP contribution in [0.5, 0.6) is 11.5 Å². The van der Waals surface area contributed by atoms with E-state index in [9.17, 15) is 4.79 Å². The van der Waals surface area contributed by atoms with Gasteiger partial charge >= 0.3 is 0 Å². The van der Waals surface area contributed by atoms with Crippen molar-refractivity contribution in [1.29, 1.82) is 0 Å². The van der Waals surface area contributed by atoms with Gasteiger partial charge in [0.25, 0.3) is 5.91 Å². The molecule has 9 heteroatoms. The smallest absolute Gasteiger partial charge is 0.271 e. The van der Waals surface area contributed by atoms with Crippen LogP contribution in [0, 0.1) is 6.92 Å². The normalized spacial score (nSPS) is 10.9. The molecule has 5 rings (SSSR count). The Morgan fingerprint density at radius 2 is 1.78 bits per heavy atom. The molecule has 0 radical (unpaired) electrons. The molecule has 0 bridgehead atoms. The van der Waals surface area contributed by atoms with E-state index in [0.717, 1.165) is 38.8 Å². The Kier molecular flexibility index (Phi) is 10.6. The molecular formula is C36H33ClN4O3S. The van der Waals surface area contributed by atoms with Gasteiger partial charge in [0.15, 0.2) is 16.6 Å². The van der Waals surface area contributed by atoms with Crippen LogP contribution >= 0.6 is 22.9 Å². The summed E-state index contributed by atoms with van der Waals surface area (Å²) in [4.78, 5) is 17.5. The minimum Gasteiger partial charge on any atom is -0.490 e. The lowest BCUT2D eigenvalue weighted by Crippen LogP contribution is -2.17. The number of carbonyl (C=O) groups excluding carboxylic acids is 1. The molecule has 0 aliphatic rings. The van der Waals surface area contributed by atoms with Gasteiger partial charge in [-0.2, -0.15) is 5.10 Å². The highest BCUT2D eigenvalue weighted by Gasteiger charge is 2.14. The quantitative estimate of drug-likeness (QED) is 0.0765. The van der Waals surface area contributed by atoms with Gasteiger partial charge in [-0.3, -0.25) is 4.79 Å². The number of benzene rings is 4. The molecule has 0 saturated heterocycles. The summed E-state index contributed by atoms with van der Waals surface area (Å²) in [7, 11) is 0. The summed E-state index contributed by atoms with van der Waals surface area (Å²) in [5, 5.41) is 11.0. The zero-order valence-corrected chi connectivity index (χ0v) is 26.6. The summed E-state index contributed by atoms with van der Waals surface area (Å²) >= 11 is 7.54. The summed E-state index contributed by atoms with van der Waals surface area (Å²) in [5.41, 5.74) is 9.67. The number of anilines is 2. The van der Waals surface area contributed by atoms with Crippen molar-refractivity contribution < 1.29 is 14.3 Å². The van der Waals surface area contributed by atoms with E-state index in [-0.39, 0.29) is 5.91 Å². The van der Waals surface area contributed by atoms with Crippen molar-refractivity contribution in [2.75, 3.05) is 11.9 Å². The number of carbonyl (C=O) groups is 1. The minimum atomic E-state index is -0.322. The summed E-state index contributed by atoms with van der Waals surface area (Å²) < 4.78 is 12.1. The zero-order chi connectivity index (χ0) is 31.6. The number of hydrazone groups is 1. The number of aryl methyl sites for hydroxylation is 1. The zero-order valence-electron chi connectivity index (χ0n) is 25.0. The van der Waals surface area contributed by atoms with Crippen molar-refractivity contribution in [2.24, 2.45) is 5.10 Å². The fourth-order valence-corrected chi connectivity index (χ4v) is 5.34. The standard InChI is InChI=1S/C36H33ClN4O3S/c1-4-6-29-19-26(20-33(43-5-2)34(29)44-22-25-9-15-30(37)16-10-25)21-38-41-35(42)28-13-11-27(12-14-28)32-23-45-36(40-32)39-31-17-7-24(3)8-18-31/h4,7-21,23H,1,5-6,22H2,2-3H3,(H,39,40)(H,41,42)/b38-21-. The van der Waals surface area contributed by atoms with Crippen molar-refractivity contribution in [1.82, 2.24) is 10.4 Å². The first-order chi connectivity index (χ1) is 21.9. The molecule has 4 aromatic carbocycles. The van der Waals surface area contributed by atoms with Gasteiger partial charge in [0.1, 0.15) is 6.61 Å². The average molecular weight is 637 g/mol. The van der Waals surface area contributed by atoms with E-state index >= 15 is 0 Å². The Bertz CT molecular complexity index is 1780. The Hall–Kier alpha value is -4.92. The summed E-state index contributed by atoms with van der Waals surface area (Å²) in [5.74, 6) is 0.914. The maximum absolute atomic E-state index is 12.8. The van der Waals surface area contributed by atoms with Gasteiger partial charge < -0.3 is 14.8 Å². The fraction of sp³-hybridized carbons (Fsp3) is 0.139. The summed E-state index contributed by atoms with van der Waals surface area (Å²) in [6, 6.07) is 26.7. The number of nitrogens with one attached hydrogen (secondary N) is 2. The third kappa shape index (κ3) is 8.59. The molecule has 0 aliphatic heterocycles. The van der Waals surface area contributed by atoms with Gasteiger partial charge in [0, 0.05) is 32.8 Å². The molecule has 0 aliphatic carbocycles. The molecule has 228 valence electrons. The van der Waals surface area contributed by atoms with E-state index < -0.39 is 0 Å². The van der Waals surface area contributed by atoms with Crippen molar-refractivity contribution in [2.45, 2.75) is 26.9 Å². The van der Waals surface area contributed by atoms with E-state index in [4.69, 9.17) is 21.1 Å². The van der Waals surface area contributed by atoms with Crippen LogP contribution in [0.4, 0.5) is 10.8 Å². The second-order valence-electron chi connectivity index (χ2n) is 10.2. The number of amides is 1. The minimum absolute atomic E-state index is 0.322. The van der Waals surface area contributed by atoms with Crippen molar-refractivity contribution >= 4 is 45.9 Å². The number of hydrogen-bond donors (Lipinski definition) is 2. The first-order valence-electron chi connectivity index (χ1n) is 14.4. The molecule has 1 aromatic heterocycles. The number of allylic oxidation sites excluding steroid dienone is 1. The molecule has 1 amide bonds. The molecule has 2 N–H and O–H groups in total. The molecule has 0 fully saturated rings. The first kappa shape index (κ1) is 31.5. The second kappa shape index (κ2) is 15.2. The first-order valence-corrected chi connectivity index (χ1v) is 15.7. The monoisotopic (exact) mass is 636 g/mol. The molecule has 0 saturated carbocycles. The third-order valence-corrected chi connectivity index (χ3v) is 7.75. The summed E-state index contributed by atoms with van der Waals surface area (Å²) in [6.07, 6.45) is 3.96. The highest BCUT2D eigenvalue weighted by atomic mass is 35.5. The number of halogens is 1.